The van der Waals surface area contributed by atoms with Crippen LogP contribution in [-0.4, -0.2) is 60.5 Å². The molecule has 1 saturated heterocycles. The van der Waals surface area contributed by atoms with Gasteiger partial charge in [0.05, 0.1) is 0 Å². The summed E-state index contributed by atoms with van der Waals surface area (Å²) in [6, 6.07) is 3.96. The van der Waals surface area contributed by atoms with Gasteiger partial charge in [-0.3, -0.25) is 19.6 Å². The number of carbonyl (C=O) groups is 1. The second-order valence-electron chi connectivity index (χ2n) is 4.71. The van der Waals surface area contributed by atoms with Crippen LogP contribution in [0.15, 0.2) is 24.5 Å². The van der Waals surface area contributed by atoms with Crippen molar-refractivity contribution < 1.29 is 4.79 Å². The molecule has 1 unspecified atom stereocenters. The first-order valence-corrected chi connectivity index (χ1v) is 6.24. The molecule has 2 heterocycles. The van der Waals surface area contributed by atoms with Crippen molar-refractivity contribution >= 4 is 5.91 Å². The molecule has 98 valence electrons. The maximum Gasteiger partial charge on any atom is 0.238 e. The second-order valence-corrected chi connectivity index (χ2v) is 4.71. The summed E-state index contributed by atoms with van der Waals surface area (Å²) in [6.45, 7) is 3.53. The van der Waals surface area contributed by atoms with Crippen molar-refractivity contribution in [2.45, 2.75) is 12.6 Å². The van der Waals surface area contributed by atoms with Crippen LogP contribution in [0, 0.1) is 0 Å². The van der Waals surface area contributed by atoms with E-state index in [4.69, 9.17) is 0 Å². The highest BCUT2D eigenvalue weighted by molar-refractivity contribution is 5.81. The van der Waals surface area contributed by atoms with E-state index in [9.17, 15) is 4.79 Å². The zero-order valence-electron chi connectivity index (χ0n) is 11.0. The summed E-state index contributed by atoms with van der Waals surface area (Å²) in [6.07, 6.45) is 3.66. The van der Waals surface area contributed by atoms with E-state index in [1.54, 1.807) is 13.2 Å². The molecule has 0 radical (unpaired) electrons. The zero-order chi connectivity index (χ0) is 13.0. The van der Waals surface area contributed by atoms with Crippen LogP contribution >= 0.6 is 0 Å². The Hall–Kier alpha value is -1.46. The summed E-state index contributed by atoms with van der Waals surface area (Å²) < 4.78 is 0. The summed E-state index contributed by atoms with van der Waals surface area (Å²) in [7, 11) is 3.69. The van der Waals surface area contributed by atoms with Gasteiger partial charge in [0.15, 0.2) is 0 Å². The summed E-state index contributed by atoms with van der Waals surface area (Å²) in [5.41, 5.74) is 1.19. The number of aromatic nitrogens is 1. The van der Waals surface area contributed by atoms with Crippen LogP contribution in [0.2, 0.25) is 0 Å². The maximum atomic E-state index is 11.8. The van der Waals surface area contributed by atoms with Crippen LogP contribution in [0.25, 0.3) is 0 Å². The van der Waals surface area contributed by atoms with Crippen LogP contribution in [0.5, 0.6) is 0 Å². The number of nitrogens with one attached hydrogen (secondary N) is 1. The monoisotopic (exact) mass is 248 g/mol. The summed E-state index contributed by atoms with van der Waals surface area (Å²) >= 11 is 0. The number of piperazine rings is 1. The molecule has 0 bridgehead atoms. The maximum absolute atomic E-state index is 11.8. The van der Waals surface area contributed by atoms with Gasteiger partial charge >= 0.3 is 0 Å². The minimum atomic E-state index is -0.0552. The molecular formula is C13H20N4O. The number of nitrogens with zero attached hydrogens (tertiary/aromatic N) is 3. The zero-order valence-corrected chi connectivity index (χ0v) is 11.0. The molecule has 0 aromatic carbocycles. The van der Waals surface area contributed by atoms with Crippen molar-refractivity contribution in [2.24, 2.45) is 0 Å². The van der Waals surface area contributed by atoms with Gasteiger partial charge in [-0.15, -0.1) is 0 Å². The van der Waals surface area contributed by atoms with E-state index in [0.717, 1.165) is 26.2 Å². The van der Waals surface area contributed by atoms with E-state index >= 15 is 0 Å². The molecule has 0 saturated carbocycles. The van der Waals surface area contributed by atoms with Crippen molar-refractivity contribution in [3.63, 3.8) is 0 Å². The summed E-state index contributed by atoms with van der Waals surface area (Å²) in [5.74, 6) is 0.0911. The number of carbonyl (C=O) groups excluding carboxylic acids is 1. The Balaban J connectivity index is 1.97. The third kappa shape index (κ3) is 3.05. The van der Waals surface area contributed by atoms with Gasteiger partial charge in [0.1, 0.15) is 6.04 Å². The largest absolute Gasteiger partial charge is 0.358 e. The third-order valence-electron chi connectivity index (χ3n) is 3.41. The smallest absolute Gasteiger partial charge is 0.238 e. The van der Waals surface area contributed by atoms with Gasteiger partial charge < -0.3 is 5.32 Å². The fraction of sp³-hybridized carbons (Fsp3) is 0.538. The number of amides is 1. The lowest BCUT2D eigenvalue weighted by Crippen LogP contribution is -2.56. The molecule has 0 spiro atoms. The molecule has 1 aromatic rings. The highest BCUT2D eigenvalue weighted by Gasteiger charge is 2.29. The molecule has 18 heavy (non-hydrogen) atoms. The van der Waals surface area contributed by atoms with Gasteiger partial charge in [0.25, 0.3) is 0 Å². The third-order valence-corrected chi connectivity index (χ3v) is 3.41. The van der Waals surface area contributed by atoms with Crippen LogP contribution in [0.4, 0.5) is 0 Å². The predicted molar refractivity (Wildman–Crippen MR) is 70.0 cm³/mol. The fourth-order valence-corrected chi connectivity index (χ4v) is 2.27. The summed E-state index contributed by atoms with van der Waals surface area (Å²) in [4.78, 5) is 20.3. The second kappa shape index (κ2) is 5.93. The Morgan fingerprint density at radius 2 is 2.39 bits per heavy atom. The normalized spacial score (nSPS) is 21.8. The van der Waals surface area contributed by atoms with Gasteiger partial charge in [-0.2, -0.15) is 0 Å². The average molecular weight is 248 g/mol. The Morgan fingerprint density at radius 3 is 3.06 bits per heavy atom. The van der Waals surface area contributed by atoms with Crippen LogP contribution in [0.3, 0.4) is 0 Å². The molecule has 1 aromatic heterocycles. The van der Waals surface area contributed by atoms with Crippen molar-refractivity contribution in [2.75, 3.05) is 33.7 Å². The number of hydrogen-bond acceptors (Lipinski definition) is 4. The van der Waals surface area contributed by atoms with Gasteiger partial charge in [-0.1, -0.05) is 6.07 Å². The van der Waals surface area contributed by atoms with Crippen LogP contribution < -0.4 is 5.32 Å². The van der Waals surface area contributed by atoms with Crippen molar-refractivity contribution in [3.8, 4) is 0 Å². The van der Waals surface area contributed by atoms with Crippen molar-refractivity contribution in [3.05, 3.63) is 30.1 Å². The van der Waals surface area contributed by atoms with Gasteiger partial charge in [-0.05, 0) is 18.7 Å². The first kappa shape index (κ1) is 13.0. The molecule has 2 rings (SSSR count). The molecule has 1 amide bonds. The Labute approximate surface area is 108 Å². The van der Waals surface area contributed by atoms with Crippen molar-refractivity contribution in [1.29, 1.82) is 0 Å². The molecule has 5 heteroatoms. The Bertz CT molecular complexity index is 395. The van der Waals surface area contributed by atoms with E-state index in [0.29, 0.717) is 0 Å². The molecule has 5 nitrogen and oxygen atoms in total. The molecular weight excluding hydrogens is 228 g/mol. The van der Waals surface area contributed by atoms with E-state index in [1.165, 1.54) is 5.56 Å². The molecule has 1 aliphatic rings. The lowest BCUT2D eigenvalue weighted by atomic mass is 10.1. The van der Waals surface area contributed by atoms with Gasteiger partial charge in [0, 0.05) is 45.6 Å². The SMILES string of the molecule is CNC(=O)C1CN(Cc2cccnc2)CCN1C. The van der Waals surface area contributed by atoms with E-state index < -0.39 is 0 Å². The number of pyridine rings is 1. The molecule has 1 fully saturated rings. The van der Waals surface area contributed by atoms with Crippen LogP contribution in [0.1, 0.15) is 5.56 Å². The van der Waals surface area contributed by atoms with Gasteiger partial charge in [0.2, 0.25) is 5.91 Å². The molecule has 1 atom stereocenters. The lowest BCUT2D eigenvalue weighted by Gasteiger charge is -2.38. The molecule has 0 aliphatic carbocycles. The van der Waals surface area contributed by atoms with Crippen molar-refractivity contribution in [1.82, 2.24) is 20.1 Å². The number of likely N-dealkylation sites (N-methyl/N-ethyl adjacent to an activating group) is 2. The van der Waals surface area contributed by atoms with Gasteiger partial charge in [-0.25, -0.2) is 0 Å². The van der Waals surface area contributed by atoms with E-state index in [2.05, 4.69) is 26.2 Å². The first-order valence-electron chi connectivity index (χ1n) is 6.24. The number of rotatable bonds is 3. The first-order chi connectivity index (χ1) is 8.70. The van der Waals surface area contributed by atoms with E-state index in [1.807, 2.05) is 19.3 Å². The molecule has 1 N–H and O–H groups in total. The topological polar surface area (TPSA) is 48.5 Å². The highest BCUT2D eigenvalue weighted by Crippen LogP contribution is 2.11. The Kier molecular flexibility index (Phi) is 4.28. The minimum Gasteiger partial charge on any atom is -0.358 e. The predicted octanol–water partition coefficient (Wildman–Crippen LogP) is -0.0564. The quantitative estimate of drug-likeness (QED) is 0.814. The Morgan fingerprint density at radius 1 is 1.56 bits per heavy atom. The van der Waals surface area contributed by atoms with E-state index in [-0.39, 0.29) is 11.9 Å². The van der Waals surface area contributed by atoms with Crippen LogP contribution in [-0.2, 0) is 11.3 Å². The standard InChI is InChI=1S/C13H20N4O/c1-14-13(18)12-10-17(7-6-16(12)2)9-11-4-3-5-15-8-11/h3-5,8,12H,6-7,9-10H2,1-2H3,(H,14,18). The minimum absolute atomic E-state index is 0.0552. The molecule has 1 aliphatic heterocycles. The number of hydrogen-bond donors (Lipinski definition) is 1. The average Bonchev–Trinajstić information content (AvgIpc) is 2.41. The fourth-order valence-electron chi connectivity index (χ4n) is 2.27. The highest BCUT2D eigenvalue weighted by atomic mass is 16.2. The summed E-state index contributed by atoms with van der Waals surface area (Å²) in [5, 5.41) is 2.73. The lowest BCUT2D eigenvalue weighted by molar-refractivity contribution is -0.127.